The first-order chi connectivity index (χ1) is 10.5. The van der Waals surface area contributed by atoms with Gasteiger partial charge < -0.3 is 9.64 Å². The highest BCUT2D eigenvalue weighted by Gasteiger charge is 2.34. The fraction of sp³-hybridized carbons (Fsp3) is 0.583. The van der Waals surface area contributed by atoms with E-state index in [4.69, 9.17) is 4.74 Å². The maximum Gasteiger partial charge on any atom is 0.427 e. The second kappa shape index (κ2) is 5.84. The molecule has 0 fully saturated rings. The Bertz CT molecular complexity index is 653. The van der Waals surface area contributed by atoms with Gasteiger partial charge in [0.1, 0.15) is 10.6 Å². The third kappa shape index (κ3) is 2.93. The Morgan fingerprint density at radius 1 is 1.41 bits per heavy atom. The van der Waals surface area contributed by atoms with Gasteiger partial charge in [0, 0.05) is 20.1 Å². The fourth-order valence-electron chi connectivity index (χ4n) is 2.33. The maximum absolute atomic E-state index is 12.6. The quantitative estimate of drug-likeness (QED) is 0.856. The van der Waals surface area contributed by atoms with E-state index in [0.29, 0.717) is 49.1 Å². The summed E-state index contributed by atoms with van der Waals surface area (Å²) in [5.41, 5.74) is 1.80. The minimum absolute atomic E-state index is 0.365. The van der Waals surface area contributed by atoms with Crippen LogP contribution in [0.1, 0.15) is 16.3 Å². The third-order valence-corrected chi connectivity index (χ3v) is 4.53. The predicted molar refractivity (Wildman–Crippen MR) is 73.8 cm³/mol. The van der Waals surface area contributed by atoms with E-state index in [2.05, 4.69) is 15.3 Å². The van der Waals surface area contributed by atoms with Crippen molar-refractivity contribution in [2.45, 2.75) is 25.7 Å². The van der Waals surface area contributed by atoms with Crippen molar-refractivity contribution in [3.05, 3.63) is 22.5 Å². The summed E-state index contributed by atoms with van der Waals surface area (Å²) in [4.78, 5) is 5.00. The molecule has 120 valence electrons. The minimum atomic E-state index is -4.35. The molecule has 0 aliphatic carbocycles. The zero-order chi connectivity index (χ0) is 15.7. The molecular formula is C12H14F3N5OS. The lowest BCUT2D eigenvalue weighted by Gasteiger charge is -2.25. The van der Waals surface area contributed by atoms with E-state index in [1.165, 1.54) is 0 Å². The van der Waals surface area contributed by atoms with Gasteiger partial charge in [-0.05, 0) is 0 Å². The van der Waals surface area contributed by atoms with Crippen LogP contribution in [0.15, 0.2) is 6.20 Å². The summed E-state index contributed by atoms with van der Waals surface area (Å²) in [5.74, 6) is 0. The van der Waals surface area contributed by atoms with Gasteiger partial charge in [-0.3, -0.25) is 0 Å². The van der Waals surface area contributed by atoms with Crippen LogP contribution in [0.25, 0.3) is 0 Å². The molecule has 3 rings (SSSR count). The summed E-state index contributed by atoms with van der Waals surface area (Å²) in [7, 11) is 1.62. The van der Waals surface area contributed by atoms with E-state index in [9.17, 15) is 13.2 Å². The van der Waals surface area contributed by atoms with Crippen molar-refractivity contribution in [3.8, 4) is 0 Å². The summed E-state index contributed by atoms with van der Waals surface area (Å²) >= 11 is 0.657. The highest BCUT2D eigenvalue weighted by Crippen LogP contribution is 2.37. The van der Waals surface area contributed by atoms with Crippen LogP contribution < -0.4 is 4.90 Å². The summed E-state index contributed by atoms with van der Waals surface area (Å²) < 4.78 is 44.7. The number of nitrogens with zero attached hydrogens (tertiary/aromatic N) is 5. The third-order valence-electron chi connectivity index (χ3n) is 3.43. The first-order valence-electron chi connectivity index (χ1n) is 6.67. The van der Waals surface area contributed by atoms with Gasteiger partial charge >= 0.3 is 6.18 Å². The number of hydrogen-bond donors (Lipinski definition) is 0. The van der Waals surface area contributed by atoms with Gasteiger partial charge in [-0.15, -0.1) is 5.10 Å². The minimum Gasteiger partial charge on any atom is -0.383 e. The Morgan fingerprint density at radius 3 is 2.91 bits per heavy atom. The number of ether oxygens (including phenoxy) is 1. The molecule has 0 bridgehead atoms. The molecule has 0 amide bonds. The van der Waals surface area contributed by atoms with Gasteiger partial charge in [0.05, 0.1) is 31.6 Å². The van der Waals surface area contributed by atoms with Crippen molar-refractivity contribution in [2.75, 3.05) is 25.2 Å². The first kappa shape index (κ1) is 15.2. The number of halogens is 3. The fourth-order valence-corrected chi connectivity index (χ4v) is 3.14. The van der Waals surface area contributed by atoms with Crippen LogP contribution >= 0.6 is 11.3 Å². The molecule has 22 heavy (non-hydrogen) atoms. The summed E-state index contributed by atoms with van der Waals surface area (Å²) in [6.07, 6.45) is -2.79. The second-order valence-electron chi connectivity index (χ2n) is 4.88. The highest BCUT2D eigenvalue weighted by molar-refractivity contribution is 7.15. The SMILES string of the molecule is COCCn1nnc2c1CCN(c1ncc(C(F)(F)F)s1)C2. The molecule has 0 aromatic carbocycles. The molecule has 0 saturated heterocycles. The first-order valence-corrected chi connectivity index (χ1v) is 7.49. The zero-order valence-electron chi connectivity index (χ0n) is 11.8. The Hall–Kier alpha value is -1.68. The zero-order valence-corrected chi connectivity index (χ0v) is 12.6. The monoisotopic (exact) mass is 333 g/mol. The number of fused-ring (bicyclic) bond motifs is 1. The standard InChI is InChI=1S/C12H14F3N5OS/c1-21-5-4-20-9-2-3-19(7-8(9)17-18-20)11-16-6-10(22-11)12(13,14)15/h6H,2-5,7H2,1H3. The van der Waals surface area contributed by atoms with Gasteiger partial charge in [0.15, 0.2) is 5.13 Å². The number of rotatable bonds is 4. The van der Waals surface area contributed by atoms with E-state index in [0.717, 1.165) is 17.6 Å². The van der Waals surface area contributed by atoms with E-state index >= 15 is 0 Å². The van der Waals surface area contributed by atoms with Crippen molar-refractivity contribution in [2.24, 2.45) is 0 Å². The normalized spacial score (nSPS) is 15.2. The van der Waals surface area contributed by atoms with Crippen LogP contribution in [0.3, 0.4) is 0 Å². The van der Waals surface area contributed by atoms with E-state index in [1.807, 2.05) is 0 Å². The number of hydrogen-bond acceptors (Lipinski definition) is 6. The number of anilines is 1. The highest BCUT2D eigenvalue weighted by atomic mass is 32.1. The molecule has 0 radical (unpaired) electrons. The van der Waals surface area contributed by atoms with Crippen LogP contribution in [0.2, 0.25) is 0 Å². The lowest BCUT2D eigenvalue weighted by atomic mass is 10.1. The number of thiazole rings is 1. The molecule has 0 N–H and O–H groups in total. The average molecular weight is 333 g/mol. The molecule has 1 aliphatic rings. The Kier molecular flexibility index (Phi) is 4.04. The van der Waals surface area contributed by atoms with E-state index in [-0.39, 0.29) is 0 Å². The van der Waals surface area contributed by atoms with Gasteiger partial charge in [0.2, 0.25) is 0 Å². The Balaban J connectivity index is 1.74. The van der Waals surface area contributed by atoms with Crippen molar-refractivity contribution < 1.29 is 17.9 Å². The molecule has 1 aliphatic heterocycles. The van der Waals surface area contributed by atoms with E-state index < -0.39 is 11.1 Å². The lowest BCUT2D eigenvalue weighted by molar-refractivity contribution is -0.134. The molecular weight excluding hydrogens is 319 g/mol. The molecule has 0 saturated carbocycles. The second-order valence-corrected chi connectivity index (χ2v) is 5.88. The average Bonchev–Trinajstić information content (AvgIpc) is 3.11. The molecule has 0 unspecified atom stereocenters. The largest absolute Gasteiger partial charge is 0.427 e. The van der Waals surface area contributed by atoms with Crippen LogP contribution in [0.5, 0.6) is 0 Å². The maximum atomic E-state index is 12.6. The van der Waals surface area contributed by atoms with Crippen LogP contribution in [0, 0.1) is 0 Å². The van der Waals surface area contributed by atoms with Crippen LogP contribution in [-0.2, 0) is 30.4 Å². The summed E-state index contributed by atoms with van der Waals surface area (Å²) in [6.45, 7) is 2.18. The van der Waals surface area contributed by atoms with Crippen molar-refractivity contribution in [3.63, 3.8) is 0 Å². The van der Waals surface area contributed by atoms with Gasteiger partial charge in [-0.2, -0.15) is 13.2 Å². The molecule has 6 nitrogen and oxygen atoms in total. The van der Waals surface area contributed by atoms with E-state index in [1.54, 1.807) is 16.7 Å². The lowest BCUT2D eigenvalue weighted by Crippen LogP contribution is -2.31. The topological polar surface area (TPSA) is 56.1 Å². The van der Waals surface area contributed by atoms with Crippen molar-refractivity contribution >= 4 is 16.5 Å². The summed E-state index contributed by atoms with van der Waals surface area (Å²) in [5, 5.41) is 8.55. The molecule has 3 heterocycles. The summed E-state index contributed by atoms with van der Waals surface area (Å²) in [6, 6.07) is 0. The molecule has 10 heteroatoms. The molecule has 0 atom stereocenters. The molecule has 2 aromatic heterocycles. The Morgan fingerprint density at radius 2 is 2.23 bits per heavy atom. The molecule has 0 spiro atoms. The van der Waals surface area contributed by atoms with Gasteiger partial charge in [0.25, 0.3) is 0 Å². The Labute approximate surface area is 128 Å². The predicted octanol–water partition coefficient (Wildman–Crippen LogP) is 1.96. The number of methoxy groups -OCH3 is 1. The van der Waals surface area contributed by atoms with Crippen LogP contribution in [0.4, 0.5) is 18.3 Å². The smallest absolute Gasteiger partial charge is 0.383 e. The van der Waals surface area contributed by atoms with Crippen molar-refractivity contribution in [1.29, 1.82) is 0 Å². The van der Waals surface area contributed by atoms with Crippen molar-refractivity contribution in [1.82, 2.24) is 20.0 Å². The van der Waals surface area contributed by atoms with Gasteiger partial charge in [-0.1, -0.05) is 16.6 Å². The molecule has 2 aromatic rings. The number of aromatic nitrogens is 4. The number of alkyl halides is 3. The van der Waals surface area contributed by atoms with Gasteiger partial charge in [-0.25, -0.2) is 9.67 Å². The van der Waals surface area contributed by atoms with Crippen LogP contribution in [-0.4, -0.2) is 40.2 Å².